The van der Waals surface area contributed by atoms with Gasteiger partial charge in [0.1, 0.15) is 0 Å². The Hall–Kier alpha value is -0.120. The second kappa shape index (κ2) is 8.06. The van der Waals surface area contributed by atoms with E-state index in [-0.39, 0.29) is 5.60 Å². The summed E-state index contributed by atoms with van der Waals surface area (Å²) in [5.41, 5.74) is 5.94. The standard InChI is InChI=1S/C14H30N2O/c1-3-16(4-2)11-12-17-14(13-15)9-7-5-6-8-10-14/h3-13,15H2,1-2H3. The summed E-state index contributed by atoms with van der Waals surface area (Å²) in [4.78, 5) is 2.40. The van der Waals surface area contributed by atoms with Crippen LogP contribution in [0.1, 0.15) is 52.4 Å². The van der Waals surface area contributed by atoms with E-state index in [1.54, 1.807) is 0 Å². The molecule has 0 aromatic rings. The van der Waals surface area contributed by atoms with Crippen molar-refractivity contribution in [3.8, 4) is 0 Å². The lowest BCUT2D eigenvalue weighted by molar-refractivity contribution is -0.0554. The van der Waals surface area contributed by atoms with Crippen molar-refractivity contribution in [2.75, 3.05) is 32.8 Å². The topological polar surface area (TPSA) is 38.5 Å². The zero-order chi connectivity index (χ0) is 12.6. The fourth-order valence-electron chi connectivity index (χ4n) is 2.71. The molecule has 17 heavy (non-hydrogen) atoms. The normalized spacial score (nSPS) is 20.5. The number of likely N-dealkylation sites (N-methyl/N-ethyl adjacent to an activating group) is 1. The Morgan fingerprint density at radius 1 is 1.06 bits per heavy atom. The first-order valence-corrected chi connectivity index (χ1v) is 7.32. The maximum atomic E-state index is 6.17. The van der Waals surface area contributed by atoms with Crippen LogP contribution < -0.4 is 5.73 Å². The summed E-state index contributed by atoms with van der Waals surface area (Å²) in [5, 5.41) is 0. The van der Waals surface area contributed by atoms with Crippen molar-refractivity contribution in [2.45, 2.75) is 58.0 Å². The second-order valence-electron chi connectivity index (χ2n) is 5.18. The van der Waals surface area contributed by atoms with Gasteiger partial charge in [0.2, 0.25) is 0 Å². The van der Waals surface area contributed by atoms with Crippen LogP contribution in [0, 0.1) is 0 Å². The highest BCUT2D eigenvalue weighted by atomic mass is 16.5. The monoisotopic (exact) mass is 242 g/mol. The minimum absolute atomic E-state index is 0.0103. The van der Waals surface area contributed by atoms with Crippen LogP contribution in [-0.4, -0.2) is 43.3 Å². The van der Waals surface area contributed by atoms with Gasteiger partial charge in [0.25, 0.3) is 0 Å². The van der Waals surface area contributed by atoms with Gasteiger partial charge in [0, 0.05) is 13.1 Å². The third-order valence-electron chi connectivity index (χ3n) is 4.10. The summed E-state index contributed by atoms with van der Waals surface area (Å²) in [7, 11) is 0. The molecule has 0 saturated heterocycles. The Morgan fingerprint density at radius 3 is 2.12 bits per heavy atom. The molecule has 1 rings (SSSR count). The molecule has 1 aliphatic rings. The summed E-state index contributed by atoms with van der Waals surface area (Å²) in [5.74, 6) is 0. The molecule has 0 radical (unpaired) electrons. The fraction of sp³-hybridized carbons (Fsp3) is 1.00. The third-order valence-corrected chi connectivity index (χ3v) is 4.10. The molecule has 0 heterocycles. The Kier molecular flexibility index (Phi) is 7.09. The van der Waals surface area contributed by atoms with Crippen LogP contribution in [0.5, 0.6) is 0 Å². The van der Waals surface area contributed by atoms with E-state index < -0.39 is 0 Å². The molecule has 0 aromatic heterocycles. The van der Waals surface area contributed by atoms with E-state index in [0.717, 1.165) is 39.1 Å². The number of ether oxygens (including phenoxy) is 1. The highest BCUT2D eigenvalue weighted by Crippen LogP contribution is 2.29. The van der Waals surface area contributed by atoms with E-state index >= 15 is 0 Å². The molecule has 3 heteroatoms. The van der Waals surface area contributed by atoms with Crippen molar-refractivity contribution in [3.63, 3.8) is 0 Å². The van der Waals surface area contributed by atoms with Crippen LogP contribution in [0.3, 0.4) is 0 Å². The van der Waals surface area contributed by atoms with Crippen LogP contribution in [0.15, 0.2) is 0 Å². The van der Waals surface area contributed by atoms with Gasteiger partial charge in [-0.05, 0) is 25.9 Å². The average molecular weight is 242 g/mol. The number of rotatable bonds is 7. The largest absolute Gasteiger partial charge is 0.372 e. The van der Waals surface area contributed by atoms with Crippen molar-refractivity contribution < 1.29 is 4.74 Å². The number of nitrogens with two attached hydrogens (primary N) is 1. The fourth-order valence-corrected chi connectivity index (χ4v) is 2.71. The van der Waals surface area contributed by atoms with E-state index in [4.69, 9.17) is 10.5 Å². The van der Waals surface area contributed by atoms with Gasteiger partial charge in [-0.15, -0.1) is 0 Å². The lowest BCUT2D eigenvalue weighted by Crippen LogP contribution is -2.42. The van der Waals surface area contributed by atoms with Crippen LogP contribution in [0.25, 0.3) is 0 Å². The van der Waals surface area contributed by atoms with Gasteiger partial charge in [-0.1, -0.05) is 39.5 Å². The maximum absolute atomic E-state index is 6.17. The molecule has 0 unspecified atom stereocenters. The predicted octanol–water partition coefficient (Wildman–Crippen LogP) is 2.40. The molecule has 1 fully saturated rings. The van der Waals surface area contributed by atoms with E-state index in [1.165, 1.54) is 25.7 Å². The van der Waals surface area contributed by atoms with Gasteiger partial charge in [0.05, 0.1) is 12.2 Å². The third kappa shape index (κ3) is 4.94. The Balaban J connectivity index is 2.34. The van der Waals surface area contributed by atoms with Crippen molar-refractivity contribution in [3.05, 3.63) is 0 Å². The maximum Gasteiger partial charge on any atom is 0.0804 e. The van der Waals surface area contributed by atoms with Crippen molar-refractivity contribution >= 4 is 0 Å². The first-order chi connectivity index (χ1) is 8.26. The summed E-state index contributed by atoms with van der Waals surface area (Å²) in [6.07, 6.45) is 7.57. The molecule has 0 aromatic carbocycles. The van der Waals surface area contributed by atoms with E-state index in [2.05, 4.69) is 18.7 Å². The van der Waals surface area contributed by atoms with Gasteiger partial charge < -0.3 is 15.4 Å². The SMILES string of the molecule is CCN(CC)CCOC1(CN)CCCCCC1. The van der Waals surface area contributed by atoms with Gasteiger partial charge in [-0.3, -0.25) is 0 Å². The second-order valence-corrected chi connectivity index (χ2v) is 5.18. The molecule has 0 bridgehead atoms. The van der Waals surface area contributed by atoms with Gasteiger partial charge in [0.15, 0.2) is 0 Å². The van der Waals surface area contributed by atoms with E-state index in [1.807, 2.05) is 0 Å². The summed E-state index contributed by atoms with van der Waals surface area (Å²) < 4.78 is 6.17. The van der Waals surface area contributed by atoms with Crippen LogP contribution in [0.2, 0.25) is 0 Å². The van der Waals surface area contributed by atoms with Crippen molar-refractivity contribution in [1.29, 1.82) is 0 Å². The van der Waals surface area contributed by atoms with Crippen LogP contribution in [-0.2, 0) is 4.74 Å². The Morgan fingerprint density at radius 2 is 1.65 bits per heavy atom. The zero-order valence-electron chi connectivity index (χ0n) is 11.7. The highest BCUT2D eigenvalue weighted by Gasteiger charge is 2.30. The molecule has 0 atom stereocenters. The first kappa shape index (κ1) is 14.9. The zero-order valence-corrected chi connectivity index (χ0v) is 11.7. The van der Waals surface area contributed by atoms with Gasteiger partial charge >= 0.3 is 0 Å². The molecule has 0 aliphatic heterocycles. The van der Waals surface area contributed by atoms with Crippen LogP contribution >= 0.6 is 0 Å². The summed E-state index contributed by atoms with van der Waals surface area (Å²) in [6.45, 7) is 9.17. The number of hydrogen-bond acceptors (Lipinski definition) is 3. The molecule has 102 valence electrons. The summed E-state index contributed by atoms with van der Waals surface area (Å²) >= 11 is 0. The van der Waals surface area contributed by atoms with E-state index in [0.29, 0.717) is 6.54 Å². The number of hydrogen-bond donors (Lipinski definition) is 1. The molecular formula is C14H30N2O. The molecule has 0 spiro atoms. The Bertz CT molecular complexity index is 185. The molecule has 3 nitrogen and oxygen atoms in total. The molecule has 1 saturated carbocycles. The minimum Gasteiger partial charge on any atom is -0.372 e. The lowest BCUT2D eigenvalue weighted by atomic mass is 9.94. The molecule has 1 aliphatic carbocycles. The first-order valence-electron chi connectivity index (χ1n) is 7.32. The smallest absolute Gasteiger partial charge is 0.0804 e. The Labute approximate surface area is 107 Å². The lowest BCUT2D eigenvalue weighted by Gasteiger charge is -2.32. The predicted molar refractivity (Wildman–Crippen MR) is 73.2 cm³/mol. The molecule has 2 N–H and O–H groups in total. The van der Waals surface area contributed by atoms with Crippen molar-refractivity contribution in [1.82, 2.24) is 4.90 Å². The van der Waals surface area contributed by atoms with E-state index in [9.17, 15) is 0 Å². The minimum atomic E-state index is -0.0103. The molecular weight excluding hydrogens is 212 g/mol. The quantitative estimate of drug-likeness (QED) is 0.697. The van der Waals surface area contributed by atoms with Gasteiger partial charge in [-0.2, -0.15) is 0 Å². The van der Waals surface area contributed by atoms with Gasteiger partial charge in [-0.25, -0.2) is 0 Å². The summed E-state index contributed by atoms with van der Waals surface area (Å²) in [6, 6.07) is 0. The van der Waals surface area contributed by atoms with Crippen molar-refractivity contribution in [2.24, 2.45) is 5.73 Å². The average Bonchev–Trinajstić information content (AvgIpc) is 2.61. The van der Waals surface area contributed by atoms with Crippen LogP contribution in [0.4, 0.5) is 0 Å². The highest BCUT2D eigenvalue weighted by molar-refractivity contribution is 4.84. The number of nitrogens with zero attached hydrogens (tertiary/aromatic N) is 1. The molecule has 0 amide bonds.